The summed E-state index contributed by atoms with van der Waals surface area (Å²) in [6, 6.07) is 0. The van der Waals surface area contributed by atoms with Gasteiger partial charge in [0.15, 0.2) is 5.84 Å². The van der Waals surface area contributed by atoms with Crippen molar-refractivity contribution in [2.75, 3.05) is 13.2 Å². The van der Waals surface area contributed by atoms with Crippen molar-refractivity contribution >= 4 is 5.84 Å². The van der Waals surface area contributed by atoms with Crippen LogP contribution in [0.15, 0.2) is 5.16 Å². The Morgan fingerprint density at radius 2 is 2.25 bits per heavy atom. The molecular weight excluding hydrogens is 158 g/mol. The smallest absolute Gasteiger partial charge is 0.153 e. The zero-order valence-electron chi connectivity index (χ0n) is 7.54. The van der Waals surface area contributed by atoms with Crippen LogP contribution in [0.5, 0.6) is 0 Å². The van der Waals surface area contributed by atoms with Crippen LogP contribution in [0.25, 0.3) is 0 Å². The molecule has 5 N–H and O–H groups in total. The van der Waals surface area contributed by atoms with Gasteiger partial charge in [0.2, 0.25) is 0 Å². The molecule has 0 amide bonds. The van der Waals surface area contributed by atoms with Crippen LogP contribution in [0, 0.1) is 0 Å². The molecule has 0 aromatic rings. The van der Waals surface area contributed by atoms with Crippen molar-refractivity contribution in [1.29, 1.82) is 0 Å². The molecule has 0 aliphatic rings. The van der Waals surface area contributed by atoms with Gasteiger partial charge in [-0.3, -0.25) is 0 Å². The number of aliphatic hydroxyl groups excluding tert-OH is 1. The molecule has 0 aliphatic carbocycles. The molecule has 0 fully saturated rings. The Bertz CT molecular complexity index is 155. The predicted molar refractivity (Wildman–Crippen MR) is 47.2 cm³/mol. The largest absolute Gasteiger partial charge is 0.409 e. The standard InChI is InChI=1S/C7H17N3O2/c1-3-7(2,5-11)9-4-6(8)10-12/h9,11-12H,3-5H2,1-2H3,(H2,8,10). The van der Waals surface area contributed by atoms with E-state index in [2.05, 4.69) is 10.5 Å². The molecule has 12 heavy (non-hydrogen) atoms. The van der Waals surface area contributed by atoms with Gasteiger partial charge in [-0.2, -0.15) is 0 Å². The molecule has 1 atom stereocenters. The van der Waals surface area contributed by atoms with Gasteiger partial charge in [0.05, 0.1) is 13.2 Å². The first-order valence-electron chi connectivity index (χ1n) is 3.90. The highest BCUT2D eigenvalue weighted by atomic mass is 16.4. The van der Waals surface area contributed by atoms with Gasteiger partial charge in [-0.15, -0.1) is 0 Å². The summed E-state index contributed by atoms with van der Waals surface area (Å²) in [5.74, 6) is 0.114. The minimum Gasteiger partial charge on any atom is -0.409 e. The van der Waals surface area contributed by atoms with Gasteiger partial charge in [-0.25, -0.2) is 0 Å². The zero-order valence-corrected chi connectivity index (χ0v) is 7.54. The van der Waals surface area contributed by atoms with E-state index in [0.717, 1.165) is 6.42 Å². The molecular formula is C7H17N3O2. The molecule has 0 aromatic carbocycles. The van der Waals surface area contributed by atoms with Crippen molar-refractivity contribution in [2.45, 2.75) is 25.8 Å². The Morgan fingerprint density at radius 1 is 1.67 bits per heavy atom. The van der Waals surface area contributed by atoms with Crippen LogP contribution in [-0.4, -0.2) is 34.8 Å². The van der Waals surface area contributed by atoms with E-state index >= 15 is 0 Å². The normalized spacial score (nSPS) is 17.4. The molecule has 5 nitrogen and oxygen atoms in total. The second kappa shape index (κ2) is 4.95. The highest BCUT2D eigenvalue weighted by Crippen LogP contribution is 2.06. The summed E-state index contributed by atoms with van der Waals surface area (Å²) in [6.07, 6.45) is 0.780. The lowest BCUT2D eigenvalue weighted by molar-refractivity contribution is 0.175. The summed E-state index contributed by atoms with van der Waals surface area (Å²) < 4.78 is 0. The predicted octanol–water partition coefficient (Wildman–Crippen LogP) is -0.517. The minimum atomic E-state index is -0.352. The monoisotopic (exact) mass is 175 g/mol. The van der Waals surface area contributed by atoms with E-state index in [4.69, 9.17) is 16.0 Å². The van der Waals surface area contributed by atoms with E-state index in [1.807, 2.05) is 13.8 Å². The number of nitrogens with zero attached hydrogens (tertiary/aromatic N) is 1. The lowest BCUT2D eigenvalue weighted by Gasteiger charge is -2.26. The van der Waals surface area contributed by atoms with Gasteiger partial charge >= 0.3 is 0 Å². The fraction of sp³-hybridized carbons (Fsp3) is 0.857. The van der Waals surface area contributed by atoms with Crippen molar-refractivity contribution in [1.82, 2.24) is 5.32 Å². The molecule has 1 unspecified atom stereocenters. The Balaban J connectivity index is 3.89. The molecule has 5 heteroatoms. The average molecular weight is 175 g/mol. The summed E-state index contributed by atoms with van der Waals surface area (Å²) in [5.41, 5.74) is 4.89. The fourth-order valence-corrected chi connectivity index (χ4v) is 0.632. The molecule has 0 saturated carbocycles. The van der Waals surface area contributed by atoms with Crippen molar-refractivity contribution in [3.05, 3.63) is 0 Å². The Morgan fingerprint density at radius 3 is 2.58 bits per heavy atom. The van der Waals surface area contributed by atoms with E-state index in [0.29, 0.717) is 0 Å². The highest BCUT2D eigenvalue weighted by molar-refractivity contribution is 5.81. The van der Waals surface area contributed by atoms with Crippen LogP contribution in [0.3, 0.4) is 0 Å². The van der Waals surface area contributed by atoms with Gasteiger partial charge in [0.25, 0.3) is 0 Å². The molecule has 0 aliphatic heterocycles. The average Bonchev–Trinajstić information content (AvgIpc) is 2.13. The Kier molecular flexibility index (Phi) is 4.61. The lowest BCUT2D eigenvalue weighted by atomic mass is 10.0. The van der Waals surface area contributed by atoms with Gasteiger partial charge < -0.3 is 21.4 Å². The second-order valence-corrected chi connectivity index (χ2v) is 3.02. The number of rotatable bonds is 5. The van der Waals surface area contributed by atoms with Crippen LogP contribution < -0.4 is 11.1 Å². The van der Waals surface area contributed by atoms with Crippen LogP contribution in [0.4, 0.5) is 0 Å². The number of amidine groups is 1. The van der Waals surface area contributed by atoms with Gasteiger partial charge in [-0.05, 0) is 13.3 Å². The van der Waals surface area contributed by atoms with Crippen molar-refractivity contribution in [3.8, 4) is 0 Å². The first-order chi connectivity index (χ1) is 5.58. The molecule has 0 bridgehead atoms. The van der Waals surface area contributed by atoms with Crippen molar-refractivity contribution in [2.24, 2.45) is 10.9 Å². The summed E-state index contributed by atoms with van der Waals surface area (Å²) in [4.78, 5) is 0. The molecule has 0 rings (SSSR count). The van der Waals surface area contributed by atoms with Gasteiger partial charge in [0.1, 0.15) is 0 Å². The Hall–Kier alpha value is -0.810. The zero-order chi connectivity index (χ0) is 9.61. The van der Waals surface area contributed by atoms with Crippen LogP contribution in [0.1, 0.15) is 20.3 Å². The van der Waals surface area contributed by atoms with Crippen LogP contribution in [-0.2, 0) is 0 Å². The van der Waals surface area contributed by atoms with E-state index in [9.17, 15) is 0 Å². The third-order valence-electron chi connectivity index (χ3n) is 1.95. The van der Waals surface area contributed by atoms with Crippen molar-refractivity contribution < 1.29 is 10.3 Å². The number of aliphatic hydroxyl groups is 1. The quantitative estimate of drug-likeness (QED) is 0.196. The fourth-order valence-electron chi connectivity index (χ4n) is 0.632. The third-order valence-corrected chi connectivity index (χ3v) is 1.95. The maximum absolute atomic E-state index is 8.97. The van der Waals surface area contributed by atoms with Gasteiger partial charge in [0, 0.05) is 5.54 Å². The summed E-state index contributed by atoms with van der Waals surface area (Å²) in [5, 5.41) is 23.0. The maximum Gasteiger partial charge on any atom is 0.153 e. The summed E-state index contributed by atoms with van der Waals surface area (Å²) in [7, 11) is 0. The summed E-state index contributed by atoms with van der Waals surface area (Å²) in [6.45, 7) is 4.14. The van der Waals surface area contributed by atoms with E-state index in [-0.39, 0.29) is 24.5 Å². The highest BCUT2D eigenvalue weighted by Gasteiger charge is 2.19. The Labute approximate surface area is 72.3 Å². The number of oxime groups is 1. The number of hydrogen-bond donors (Lipinski definition) is 4. The molecule has 72 valence electrons. The molecule has 0 spiro atoms. The van der Waals surface area contributed by atoms with Crippen LogP contribution in [0.2, 0.25) is 0 Å². The minimum absolute atomic E-state index is 0.0300. The van der Waals surface area contributed by atoms with E-state index in [1.165, 1.54) is 0 Å². The van der Waals surface area contributed by atoms with E-state index in [1.54, 1.807) is 0 Å². The number of hydrogen-bond acceptors (Lipinski definition) is 4. The summed E-state index contributed by atoms with van der Waals surface area (Å²) >= 11 is 0. The first-order valence-corrected chi connectivity index (χ1v) is 3.90. The van der Waals surface area contributed by atoms with E-state index < -0.39 is 0 Å². The SMILES string of the molecule is CCC(C)(CO)NCC(N)=NO. The number of nitrogens with two attached hydrogens (primary N) is 1. The van der Waals surface area contributed by atoms with Crippen molar-refractivity contribution in [3.63, 3.8) is 0 Å². The van der Waals surface area contributed by atoms with Gasteiger partial charge in [-0.1, -0.05) is 12.1 Å². The first kappa shape index (κ1) is 11.2. The maximum atomic E-state index is 8.97. The number of nitrogens with one attached hydrogen (secondary N) is 1. The lowest BCUT2D eigenvalue weighted by Crippen LogP contribution is -2.48. The molecule has 0 heterocycles. The topological polar surface area (TPSA) is 90.9 Å². The molecule has 0 aromatic heterocycles. The second-order valence-electron chi connectivity index (χ2n) is 3.02. The molecule has 0 radical (unpaired) electrons. The molecule has 0 saturated heterocycles. The third kappa shape index (κ3) is 3.54. The van der Waals surface area contributed by atoms with Crippen LogP contribution >= 0.6 is 0 Å².